The Balaban J connectivity index is 1.97. The number of rotatable bonds is 1. The zero-order valence-corrected chi connectivity index (χ0v) is 10.6. The van der Waals surface area contributed by atoms with Crippen molar-refractivity contribution in [3.63, 3.8) is 0 Å². The molecule has 4 nitrogen and oxygen atoms in total. The van der Waals surface area contributed by atoms with E-state index in [1.165, 1.54) is 0 Å². The third kappa shape index (κ3) is 2.23. The Bertz CT molecular complexity index is 271. The molecular weight excluding hydrogens is 202 g/mol. The predicted octanol–water partition coefficient (Wildman–Crippen LogP) is 0.149. The molecule has 2 aliphatic heterocycles. The number of nitrogens with zero attached hydrogens (tertiary/aromatic N) is 2. The Labute approximate surface area is 98.0 Å². The van der Waals surface area contributed by atoms with Crippen LogP contribution in [0.1, 0.15) is 20.3 Å². The lowest BCUT2D eigenvalue weighted by molar-refractivity contribution is -0.139. The highest BCUT2D eigenvalue weighted by Gasteiger charge is 2.36. The number of carbonyl (C=O) groups is 1. The SMILES string of the molecule is CN1CCN(C(=O)C2CCNC2)CC1(C)C. The summed E-state index contributed by atoms with van der Waals surface area (Å²) in [6, 6.07) is 0. The van der Waals surface area contributed by atoms with Crippen LogP contribution in [0.3, 0.4) is 0 Å². The van der Waals surface area contributed by atoms with Gasteiger partial charge in [0, 0.05) is 31.7 Å². The van der Waals surface area contributed by atoms with Gasteiger partial charge in [-0.3, -0.25) is 9.69 Å². The van der Waals surface area contributed by atoms with Crippen LogP contribution in [0.2, 0.25) is 0 Å². The highest BCUT2D eigenvalue weighted by atomic mass is 16.2. The minimum atomic E-state index is 0.111. The number of piperazine rings is 1. The van der Waals surface area contributed by atoms with Gasteiger partial charge in [0.05, 0.1) is 5.92 Å². The molecule has 92 valence electrons. The predicted molar refractivity (Wildman–Crippen MR) is 64.3 cm³/mol. The van der Waals surface area contributed by atoms with Crippen LogP contribution in [0.5, 0.6) is 0 Å². The zero-order valence-electron chi connectivity index (χ0n) is 10.6. The van der Waals surface area contributed by atoms with Gasteiger partial charge >= 0.3 is 0 Å². The van der Waals surface area contributed by atoms with E-state index in [0.29, 0.717) is 5.91 Å². The lowest BCUT2D eigenvalue weighted by Crippen LogP contribution is -2.59. The molecule has 0 spiro atoms. The van der Waals surface area contributed by atoms with E-state index in [1.807, 2.05) is 0 Å². The van der Waals surface area contributed by atoms with Crippen molar-refractivity contribution in [3.8, 4) is 0 Å². The van der Waals surface area contributed by atoms with Crippen LogP contribution in [0.15, 0.2) is 0 Å². The number of hydrogen-bond acceptors (Lipinski definition) is 3. The molecule has 2 rings (SSSR count). The molecule has 0 aromatic rings. The normalized spacial score (nSPS) is 30.7. The molecule has 4 heteroatoms. The molecule has 0 aromatic heterocycles. The molecule has 0 aliphatic carbocycles. The van der Waals surface area contributed by atoms with Gasteiger partial charge in [0.2, 0.25) is 5.91 Å². The van der Waals surface area contributed by atoms with Crippen LogP contribution in [-0.2, 0) is 4.79 Å². The van der Waals surface area contributed by atoms with E-state index in [2.05, 4.69) is 36.0 Å². The molecule has 2 aliphatic rings. The summed E-state index contributed by atoms with van der Waals surface area (Å²) in [5.74, 6) is 0.574. The van der Waals surface area contributed by atoms with Gasteiger partial charge < -0.3 is 10.2 Å². The fraction of sp³-hybridized carbons (Fsp3) is 0.917. The topological polar surface area (TPSA) is 35.6 Å². The maximum atomic E-state index is 12.3. The van der Waals surface area contributed by atoms with Crippen molar-refractivity contribution in [1.29, 1.82) is 0 Å². The van der Waals surface area contributed by atoms with E-state index in [4.69, 9.17) is 0 Å². The van der Waals surface area contributed by atoms with Gasteiger partial charge in [-0.25, -0.2) is 0 Å². The molecule has 2 heterocycles. The molecule has 0 aromatic carbocycles. The smallest absolute Gasteiger partial charge is 0.227 e. The maximum absolute atomic E-state index is 12.3. The van der Waals surface area contributed by atoms with Gasteiger partial charge in [-0.05, 0) is 33.9 Å². The fourth-order valence-corrected chi connectivity index (χ4v) is 2.55. The lowest BCUT2D eigenvalue weighted by Gasteiger charge is -2.45. The third-order valence-corrected chi connectivity index (χ3v) is 4.04. The van der Waals surface area contributed by atoms with Gasteiger partial charge in [0.1, 0.15) is 0 Å². The summed E-state index contributed by atoms with van der Waals surface area (Å²) in [6.07, 6.45) is 1.01. The van der Waals surface area contributed by atoms with Crippen LogP contribution in [0, 0.1) is 5.92 Å². The van der Waals surface area contributed by atoms with Crippen LogP contribution in [0.25, 0.3) is 0 Å². The van der Waals surface area contributed by atoms with E-state index in [1.54, 1.807) is 0 Å². The minimum Gasteiger partial charge on any atom is -0.339 e. The summed E-state index contributed by atoms with van der Waals surface area (Å²) < 4.78 is 0. The van der Waals surface area contributed by atoms with Gasteiger partial charge in [0.15, 0.2) is 0 Å². The number of likely N-dealkylation sites (N-methyl/N-ethyl adjacent to an activating group) is 1. The van der Waals surface area contributed by atoms with E-state index in [9.17, 15) is 4.79 Å². The summed E-state index contributed by atoms with van der Waals surface area (Å²) in [4.78, 5) is 16.7. The van der Waals surface area contributed by atoms with Crippen molar-refractivity contribution in [2.75, 3.05) is 39.8 Å². The fourth-order valence-electron chi connectivity index (χ4n) is 2.55. The Morgan fingerprint density at radius 3 is 2.69 bits per heavy atom. The molecule has 2 saturated heterocycles. The summed E-state index contributed by atoms with van der Waals surface area (Å²) in [7, 11) is 2.14. The summed E-state index contributed by atoms with van der Waals surface area (Å²) in [5.41, 5.74) is 0.111. The first kappa shape index (κ1) is 11.9. The number of amides is 1. The third-order valence-electron chi connectivity index (χ3n) is 4.04. The summed E-state index contributed by atoms with van der Waals surface area (Å²) in [6.45, 7) is 9.00. The van der Waals surface area contributed by atoms with E-state index >= 15 is 0 Å². The molecule has 16 heavy (non-hydrogen) atoms. The minimum absolute atomic E-state index is 0.111. The van der Waals surface area contributed by atoms with Gasteiger partial charge in [0.25, 0.3) is 0 Å². The molecule has 1 N–H and O–H groups in total. The van der Waals surface area contributed by atoms with Crippen molar-refractivity contribution in [3.05, 3.63) is 0 Å². The molecular formula is C12H23N3O. The average Bonchev–Trinajstić information content (AvgIpc) is 2.74. The van der Waals surface area contributed by atoms with Gasteiger partial charge in [-0.2, -0.15) is 0 Å². The molecule has 0 radical (unpaired) electrons. The largest absolute Gasteiger partial charge is 0.339 e. The highest BCUT2D eigenvalue weighted by Crippen LogP contribution is 2.21. The lowest BCUT2D eigenvalue weighted by atomic mass is 9.98. The van der Waals surface area contributed by atoms with Crippen molar-refractivity contribution in [1.82, 2.24) is 15.1 Å². The number of carbonyl (C=O) groups excluding carboxylic acids is 1. The van der Waals surface area contributed by atoms with Crippen molar-refractivity contribution in [2.45, 2.75) is 25.8 Å². The second-order valence-corrected chi connectivity index (χ2v) is 5.68. The van der Waals surface area contributed by atoms with Crippen LogP contribution < -0.4 is 5.32 Å². The van der Waals surface area contributed by atoms with Gasteiger partial charge in [-0.1, -0.05) is 0 Å². The number of hydrogen-bond donors (Lipinski definition) is 1. The van der Waals surface area contributed by atoms with Crippen molar-refractivity contribution in [2.24, 2.45) is 5.92 Å². The van der Waals surface area contributed by atoms with Crippen molar-refractivity contribution >= 4 is 5.91 Å². The Morgan fingerprint density at radius 2 is 2.12 bits per heavy atom. The second-order valence-electron chi connectivity index (χ2n) is 5.68. The number of nitrogens with one attached hydrogen (secondary N) is 1. The Morgan fingerprint density at radius 1 is 1.38 bits per heavy atom. The van der Waals surface area contributed by atoms with Crippen LogP contribution in [-0.4, -0.2) is 61.0 Å². The maximum Gasteiger partial charge on any atom is 0.227 e. The monoisotopic (exact) mass is 225 g/mol. The van der Waals surface area contributed by atoms with Gasteiger partial charge in [-0.15, -0.1) is 0 Å². The van der Waals surface area contributed by atoms with E-state index in [-0.39, 0.29) is 11.5 Å². The van der Waals surface area contributed by atoms with E-state index < -0.39 is 0 Å². The Kier molecular flexibility index (Phi) is 3.22. The van der Waals surface area contributed by atoms with Crippen LogP contribution >= 0.6 is 0 Å². The Hall–Kier alpha value is -0.610. The summed E-state index contributed by atoms with van der Waals surface area (Å²) >= 11 is 0. The average molecular weight is 225 g/mol. The van der Waals surface area contributed by atoms with Crippen molar-refractivity contribution < 1.29 is 4.79 Å². The highest BCUT2D eigenvalue weighted by molar-refractivity contribution is 5.79. The molecule has 0 bridgehead atoms. The van der Waals surface area contributed by atoms with Crippen LogP contribution in [0.4, 0.5) is 0 Å². The first-order valence-corrected chi connectivity index (χ1v) is 6.21. The molecule has 1 unspecified atom stereocenters. The first-order valence-electron chi connectivity index (χ1n) is 6.21. The first-order chi connectivity index (χ1) is 7.50. The zero-order chi connectivity index (χ0) is 11.8. The molecule has 2 fully saturated rings. The molecule has 0 saturated carbocycles. The summed E-state index contributed by atoms with van der Waals surface area (Å²) in [5, 5.41) is 3.26. The quantitative estimate of drug-likeness (QED) is 0.690. The molecule has 1 atom stereocenters. The standard InChI is InChI=1S/C12H23N3O/c1-12(2)9-15(7-6-14(12)3)11(16)10-4-5-13-8-10/h10,13H,4-9H2,1-3H3. The second kappa shape index (κ2) is 4.34. The molecule has 1 amide bonds. The van der Waals surface area contributed by atoms with E-state index in [0.717, 1.165) is 39.1 Å².